The summed E-state index contributed by atoms with van der Waals surface area (Å²) in [7, 11) is 0. The van der Waals surface area contributed by atoms with Crippen molar-refractivity contribution in [1.82, 2.24) is 10.3 Å². The van der Waals surface area contributed by atoms with Crippen LogP contribution in [0.2, 0.25) is 0 Å². The van der Waals surface area contributed by atoms with Crippen LogP contribution in [0, 0.1) is 13.8 Å². The minimum absolute atomic E-state index is 0.0712. The highest BCUT2D eigenvalue weighted by Crippen LogP contribution is 2.36. The molecule has 2 rings (SSSR count). The van der Waals surface area contributed by atoms with Crippen molar-refractivity contribution in [2.24, 2.45) is 0 Å². The number of hydrogen-bond donors (Lipinski definition) is 2. The quantitative estimate of drug-likeness (QED) is 0.516. The lowest BCUT2D eigenvalue weighted by molar-refractivity contribution is 0.247. The summed E-state index contributed by atoms with van der Waals surface area (Å²) < 4.78 is 0. The van der Waals surface area contributed by atoms with E-state index in [0.29, 0.717) is 6.54 Å². The smallest absolute Gasteiger partial charge is 0.319 e. The third kappa shape index (κ3) is 4.84. The van der Waals surface area contributed by atoms with Crippen LogP contribution in [-0.4, -0.2) is 30.1 Å². The maximum absolute atomic E-state index is 12.8. The van der Waals surface area contributed by atoms with Gasteiger partial charge in [0.2, 0.25) is 0 Å². The molecule has 0 aliphatic heterocycles. The summed E-state index contributed by atoms with van der Waals surface area (Å²) in [6.07, 6.45) is 7.78. The van der Waals surface area contributed by atoms with Gasteiger partial charge in [-0.25, -0.2) is 9.78 Å². The van der Waals surface area contributed by atoms with Gasteiger partial charge in [0.1, 0.15) is 5.03 Å². The Kier molecular flexibility index (Phi) is 8.25. The number of thioether (sulfide) groups is 2. The van der Waals surface area contributed by atoms with E-state index in [0.717, 1.165) is 34.0 Å². The van der Waals surface area contributed by atoms with E-state index < -0.39 is 0 Å². The zero-order valence-corrected chi connectivity index (χ0v) is 19.3. The second-order valence-corrected chi connectivity index (χ2v) is 8.58. The van der Waals surface area contributed by atoms with Gasteiger partial charge in [-0.3, -0.25) is 0 Å². The number of anilines is 1. The van der Waals surface area contributed by atoms with Crippen LogP contribution >= 0.6 is 23.5 Å². The van der Waals surface area contributed by atoms with Gasteiger partial charge in [0, 0.05) is 23.1 Å². The molecule has 0 saturated carbocycles. The third-order valence-electron chi connectivity index (χ3n) is 5.47. The summed E-state index contributed by atoms with van der Waals surface area (Å²) in [6, 6.07) is 8.29. The van der Waals surface area contributed by atoms with Crippen LogP contribution in [-0.2, 0) is 5.41 Å². The number of carbonyl (C=O) groups is 1. The van der Waals surface area contributed by atoms with Crippen LogP contribution in [0.4, 0.5) is 10.5 Å². The molecule has 1 aromatic heterocycles. The van der Waals surface area contributed by atoms with Crippen molar-refractivity contribution >= 4 is 35.2 Å². The molecule has 4 nitrogen and oxygen atoms in total. The number of nitrogens with one attached hydrogen (secondary N) is 2. The van der Waals surface area contributed by atoms with Gasteiger partial charge in [0.15, 0.2) is 0 Å². The van der Waals surface area contributed by atoms with Crippen LogP contribution in [0.15, 0.2) is 40.4 Å². The predicted octanol–water partition coefficient (Wildman–Crippen LogP) is 6.02. The first-order valence-electron chi connectivity index (χ1n) is 9.61. The summed E-state index contributed by atoms with van der Waals surface area (Å²) >= 11 is 3.17. The Morgan fingerprint density at radius 3 is 2.32 bits per heavy atom. The Hall–Kier alpha value is -1.66. The molecule has 28 heavy (non-hydrogen) atoms. The van der Waals surface area contributed by atoms with E-state index in [1.165, 1.54) is 11.1 Å². The number of aryl methyl sites for hydroxylation is 2. The summed E-state index contributed by atoms with van der Waals surface area (Å²) in [4.78, 5) is 18.3. The van der Waals surface area contributed by atoms with Gasteiger partial charge in [-0.05, 0) is 55.9 Å². The Labute approximate surface area is 177 Å². The first-order valence-corrected chi connectivity index (χ1v) is 12.1. The summed E-state index contributed by atoms with van der Waals surface area (Å²) in [5, 5.41) is 7.01. The highest BCUT2D eigenvalue weighted by Gasteiger charge is 2.30. The molecule has 0 spiro atoms. The van der Waals surface area contributed by atoms with Gasteiger partial charge in [-0.2, -0.15) is 0 Å². The predicted molar refractivity (Wildman–Crippen MR) is 123 cm³/mol. The average molecular weight is 418 g/mol. The van der Waals surface area contributed by atoms with Gasteiger partial charge in [0.05, 0.1) is 5.69 Å². The van der Waals surface area contributed by atoms with Crippen LogP contribution in [0.3, 0.4) is 0 Å². The van der Waals surface area contributed by atoms with E-state index >= 15 is 0 Å². The highest BCUT2D eigenvalue weighted by molar-refractivity contribution is 7.99. The van der Waals surface area contributed by atoms with Crippen molar-refractivity contribution in [2.45, 2.75) is 55.9 Å². The van der Waals surface area contributed by atoms with E-state index in [-0.39, 0.29) is 11.4 Å². The lowest BCUT2D eigenvalue weighted by atomic mass is 9.74. The van der Waals surface area contributed by atoms with Gasteiger partial charge >= 0.3 is 6.03 Å². The van der Waals surface area contributed by atoms with Crippen molar-refractivity contribution in [2.75, 3.05) is 24.4 Å². The number of hydrogen-bond acceptors (Lipinski definition) is 4. The molecule has 0 aliphatic rings. The van der Waals surface area contributed by atoms with Crippen molar-refractivity contribution < 1.29 is 4.79 Å². The van der Waals surface area contributed by atoms with E-state index in [4.69, 9.17) is 0 Å². The van der Waals surface area contributed by atoms with Crippen LogP contribution in [0.25, 0.3) is 0 Å². The molecule has 1 aromatic carbocycles. The Bertz CT molecular complexity index is 819. The molecule has 0 unspecified atom stereocenters. The number of aromatic nitrogens is 1. The van der Waals surface area contributed by atoms with Gasteiger partial charge < -0.3 is 10.6 Å². The fourth-order valence-electron chi connectivity index (χ4n) is 3.65. The average Bonchev–Trinajstić information content (AvgIpc) is 2.70. The highest BCUT2D eigenvalue weighted by atomic mass is 32.2. The minimum Gasteiger partial charge on any atom is -0.337 e. The molecule has 0 radical (unpaired) electrons. The molecule has 0 aliphatic carbocycles. The first kappa shape index (κ1) is 22.6. The number of nitrogens with zero attached hydrogens (tertiary/aromatic N) is 1. The second-order valence-electron chi connectivity index (χ2n) is 6.97. The van der Waals surface area contributed by atoms with Gasteiger partial charge in [-0.1, -0.05) is 38.1 Å². The monoisotopic (exact) mass is 417 g/mol. The molecule has 1 heterocycles. The number of urea groups is 1. The Morgan fingerprint density at radius 1 is 1.07 bits per heavy atom. The van der Waals surface area contributed by atoms with Crippen molar-refractivity contribution in [1.29, 1.82) is 0 Å². The largest absolute Gasteiger partial charge is 0.337 e. The van der Waals surface area contributed by atoms with Gasteiger partial charge in [0.25, 0.3) is 0 Å². The number of carbonyl (C=O) groups excluding carboxylic acids is 1. The standard InChI is InChI=1S/C22H31N3OS2/c1-7-22(8-2,17-12-10-9-11-15(17)3)14-24-21(26)25-18-19(27-5)16(4)13-23-20(18)28-6/h9-13H,7-8,14H2,1-6H3,(H2,24,25,26). The van der Waals surface area contributed by atoms with E-state index in [9.17, 15) is 4.79 Å². The number of rotatable bonds is 8. The zero-order chi connectivity index (χ0) is 20.7. The van der Waals surface area contributed by atoms with Crippen molar-refractivity contribution in [3.05, 3.63) is 47.2 Å². The molecule has 2 amide bonds. The van der Waals surface area contributed by atoms with E-state index in [1.54, 1.807) is 23.5 Å². The lowest BCUT2D eigenvalue weighted by Crippen LogP contribution is -2.42. The van der Waals surface area contributed by atoms with Crippen LogP contribution < -0.4 is 10.6 Å². The molecule has 0 atom stereocenters. The summed E-state index contributed by atoms with van der Waals surface area (Å²) in [5.74, 6) is 0. The molecular weight excluding hydrogens is 386 g/mol. The number of amides is 2. The topological polar surface area (TPSA) is 54.0 Å². The maximum Gasteiger partial charge on any atom is 0.319 e. The molecule has 2 aromatic rings. The summed E-state index contributed by atoms with van der Waals surface area (Å²) in [5.41, 5.74) is 4.37. The number of pyridine rings is 1. The minimum atomic E-state index is -0.183. The van der Waals surface area contributed by atoms with Gasteiger partial charge in [-0.15, -0.1) is 23.5 Å². The van der Waals surface area contributed by atoms with E-state index in [2.05, 4.69) is 60.7 Å². The lowest BCUT2D eigenvalue weighted by Gasteiger charge is -2.34. The molecule has 152 valence electrons. The van der Waals surface area contributed by atoms with E-state index in [1.807, 2.05) is 25.6 Å². The molecule has 6 heteroatoms. The second kappa shape index (κ2) is 10.2. The van der Waals surface area contributed by atoms with Crippen molar-refractivity contribution in [3.63, 3.8) is 0 Å². The Balaban J connectivity index is 2.22. The fourth-order valence-corrected chi connectivity index (χ4v) is 4.96. The SMILES string of the molecule is CCC(CC)(CNC(=O)Nc1c(SC)ncc(C)c1SC)c1ccccc1C. The third-order valence-corrected chi connectivity index (χ3v) is 7.10. The molecular formula is C22H31N3OS2. The van der Waals surface area contributed by atoms with Crippen LogP contribution in [0.5, 0.6) is 0 Å². The molecule has 2 N–H and O–H groups in total. The molecule has 0 bridgehead atoms. The summed E-state index contributed by atoms with van der Waals surface area (Å²) in [6.45, 7) is 9.14. The maximum atomic E-state index is 12.8. The normalized spacial score (nSPS) is 11.4. The first-order chi connectivity index (χ1) is 13.4. The van der Waals surface area contributed by atoms with Crippen LogP contribution in [0.1, 0.15) is 43.4 Å². The van der Waals surface area contributed by atoms with Crippen molar-refractivity contribution in [3.8, 4) is 0 Å². The Morgan fingerprint density at radius 2 is 1.75 bits per heavy atom. The molecule has 0 saturated heterocycles. The fraction of sp³-hybridized carbons (Fsp3) is 0.455. The molecule has 0 fully saturated rings. The zero-order valence-electron chi connectivity index (χ0n) is 17.7. The number of benzene rings is 1.